The SMILES string of the molecule is CC(=O)NC1=C(C(=O)O)N2C(=O)C(C)(NC(=O)C(=NOCC(=O)O)c3cscn3)[C@@H]2SC1. The number of nitrogens with one attached hydrogen (secondary N) is 2. The molecule has 32 heavy (non-hydrogen) atoms. The van der Waals surface area contributed by atoms with E-state index in [1.807, 2.05) is 0 Å². The van der Waals surface area contributed by atoms with Gasteiger partial charge >= 0.3 is 11.9 Å². The Kier molecular flexibility index (Phi) is 6.50. The predicted octanol–water partition coefficient (Wildman–Crippen LogP) is -0.829. The van der Waals surface area contributed by atoms with E-state index in [4.69, 9.17) is 5.11 Å². The summed E-state index contributed by atoms with van der Waals surface area (Å²) in [7, 11) is 0. The third-order valence-corrected chi connectivity index (χ3v) is 6.48. The maximum atomic E-state index is 12.9. The number of aliphatic carboxylic acids is 2. The quantitative estimate of drug-likeness (QED) is 0.206. The molecular weight excluding hydrogens is 466 g/mol. The van der Waals surface area contributed by atoms with Gasteiger partial charge < -0.3 is 25.7 Å². The molecule has 3 rings (SSSR count). The lowest BCUT2D eigenvalue weighted by atomic mass is 9.88. The van der Waals surface area contributed by atoms with Gasteiger partial charge in [-0.05, 0) is 6.92 Å². The van der Waals surface area contributed by atoms with Crippen LogP contribution in [0.2, 0.25) is 0 Å². The number of β-lactam (4-membered cyclic amide) rings is 1. The molecule has 0 radical (unpaired) electrons. The first-order chi connectivity index (χ1) is 15.1. The van der Waals surface area contributed by atoms with Gasteiger partial charge in [-0.25, -0.2) is 14.6 Å². The highest BCUT2D eigenvalue weighted by molar-refractivity contribution is 8.00. The topological polar surface area (TPSA) is 188 Å². The first-order valence-electron chi connectivity index (χ1n) is 8.88. The van der Waals surface area contributed by atoms with Gasteiger partial charge in [0.15, 0.2) is 11.4 Å². The minimum atomic E-state index is -1.49. The van der Waals surface area contributed by atoms with Crippen LogP contribution in [-0.2, 0) is 28.8 Å². The molecule has 0 aliphatic carbocycles. The van der Waals surface area contributed by atoms with Crippen LogP contribution < -0.4 is 10.6 Å². The van der Waals surface area contributed by atoms with Crippen molar-refractivity contribution in [1.82, 2.24) is 20.5 Å². The first kappa shape index (κ1) is 23.2. The number of rotatable bonds is 8. The lowest BCUT2D eigenvalue weighted by Crippen LogP contribution is -2.79. The van der Waals surface area contributed by atoms with Crippen molar-refractivity contribution in [3.05, 3.63) is 28.0 Å². The van der Waals surface area contributed by atoms with Crippen LogP contribution in [0, 0.1) is 0 Å². The summed E-state index contributed by atoms with van der Waals surface area (Å²) < 4.78 is 0. The first-order valence-corrected chi connectivity index (χ1v) is 10.9. The lowest BCUT2D eigenvalue weighted by molar-refractivity contribution is -0.157. The molecule has 1 unspecified atom stereocenters. The Morgan fingerprint density at radius 3 is 2.66 bits per heavy atom. The number of nitrogens with zero attached hydrogens (tertiary/aromatic N) is 3. The predicted molar refractivity (Wildman–Crippen MR) is 110 cm³/mol. The van der Waals surface area contributed by atoms with Crippen molar-refractivity contribution in [3.63, 3.8) is 0 Å². The molecule has 1 saturated heterocycles. The number of hydrogen-bond donors (Lipinski definition) is 4. The average Bonchev–Trinajstić information content (AvgIpc) is 3.23. The second-order valence-corrected chi connectivity index (χ2v) is 8.58. The summed E-state index contributed by atoms with van der Waals surface area (Å²) >= 11 is 2.32. The Bertz CT molecular complexity index is 1050. The second kappa shape index (κ2) is 8.96. The van der Waals surface area contributed by atoms with Crippen LogP contribution in [0.5, 0.6) is 0 Å². The van der Waals surface area contributed by atoms with Gasteiger partial charge in [0.25, 0.3) is 11.8 Å². The Morgan fingerprint density at radius 1 is 1.38 bits per heavy atom. The van der Waals surface area contributed by atoms with Crippen molar-refractivity contribution in [3.8, 4) is 0 Å². The zero-order valence-corrected chi connectivity index (χ0v) is 18.3. The fourth-order valence-electron chi connectivity index (χ4n) is 3.13. The summed E-state index contributed by atoms with van der Waals surface area (Å²) in [5.74, 6) is -4.64. The summed E-state index contributed by atoms with van der Waals surface area (Å²) in [6.07, 6.45) is 0. The molecule has 170 valence electrons. The molecule has 0 aromatic carbocycles. The summed E-state index contributed by atoms with van der Waals surface area (Å²) in [6, 6.07) is 0. The number of carbonyl (C=O) groups is 5. The number of carboxylic acids is 2. The number of hydrogen-bond acceptors (Lipinski definition) is 10. The summed E-state index contributed by atoms with van der Waals surface area (Å²) in [4.78, 5) is 69.3. The van der Waals surface area contributed by atoms with E-state index >= 15 is 0 Å². The van der Waals surface area contributed by atoms with Gasteiger partial charge in [0.1, 0.15) is 16.6 Å². The average molecular weight is 483 g/mol. The van der Waals surface area contributed by atoms with Crippen molar-refractivity contribution >= 4 is 58.5 Å². The molecule has 2 aliphatic heterocycles. The van der Waals surface area contributed by atoms with Crippen molar-refractivity contribution in [2.24, 2.45) is 5.16 Å². The Hall–Kier alpha value is -3.46. The smallest absolute Gasteiger partial charge is 0.354 e. The Labute approximate surface area is 188 Å². The van der Waals surface area contributed by atoms with Crippen LogP contribution in [0.15, 0.2) is 27.4 Å². The van der Waals surface area contributed by atoms with Crippen LogP contribution in [0.1, 0.15) is 19.5 Å². The molecule has 0 bridgehead atoms. The Balaban J connectivity index is 1.85. The maximum absolute atomic E-state index is 12.9. The van der Waals surface area contributed by atoms with Gasteiger partial charge in [0.05, 0.1) is 11.2 Å². The highest BCUT2D eigenvalue weighted by atomic mass is 32.2. The van der Waals surface area contributed by atoms with Gasteiger partial charge in [0.2, 0.25) is 12.5 Å². The fraction of sp³-hybridized carbons (Fsp3) is 0.353. The lowest BCUT2D eigenvalue weighted by Gasteiger charge is -2.55. The van der Waals surface area contributed by atoms with Gasteiger partial charge in [-0.15, -0.1) is 23.1 Å². The number of thioether (sulfide) groups is 1. The molecular formula is C17H17N5O8S2. The van der Waals surface area contributed by atoms with Crippen LogP contribution in [0.3, 0.4) is 0 Å². The number of carbonyl (C=O) groups excluding carboxylic acids is 3. The summed E-state index contributed by atoms with van der Waals surface area (Å²) in [6.45, 7) is 1.86. The van der Waals surface area contributed by atoms with E-state index in [0.29, 0.717) is 0 Å². The standard InChI is InChI=1S/C17H17N5O8S2/c1-7(23)19-9-5-32-16-17(2,15(29)22(16)12(9)14(27)28)20-13(26)11(8-4-31-6-18-8)21-30-3-10(24)25/h4,6,16H,3,5H2,1-2H3,(H,19,23)(H,20,26)(H,24,25)(H,27,28)/t16-,17?/m0/s1. The molecule has 2 aliphatic rings. The third kappa shape index (κ3) is 4.29. The fourth-order valence-corrected chi connectivity index (χ4v) is 5.04. The third-order valence-electron chi connectivity index (χ3n) is 4.44. The largest absolute Gasteiger partial charge is 0.479 e. The van der Waals surface area contributed by atoms with Gasteiger partial charge in [-0.1, -0.05) is 5.16 Å². The monoisotopic (exact) mass is 483 g/mol. The van der Waals surface area contributed by atoms with Crippen molar-refractivity contribution < 1.29 is 39.0 Å². The van der Waals surface area contributed by atoms with Crippen LogP contribution >= 0.6 is 23.1 Å². The number of amides is 3. The minimum absolute atomic E-state index is 0.0831. The van der Waals surface area contributed by atoms with E-state index < -0.39 is 47.2 Å². The van der Waals surface area contributed by atoms with Gasteiger partial charge in [0, 0.05) is 18.1 Å². The normalized spacial score (nSPS) is 22.6. The number of oxime groups is 1. The highest BCUT2D eigenvalue weighted by Crippen LogP contribution is 2.45. The van der Waals surface area contributed by atoms with Gasteiger partial charge in [-0.3, -0.25) is 19.3 Å². The highest BCUT2D eigenvalue weighted by Gasteiger charge is 2.63. The van der Waals surface area contributed by atoms with Crippen molar-refractivity contribution in [2.45, 2.75) is 24.8 Å². The summed E-state index contributed by atoms with van der Waals surface area (Å²) in [5, 5.41) is 27.5. The molecule has 1 aromatic rings. The molecule has 0 saturated carbocycles. The van der Waals surface area contributed by atoms with Gasteiger partial charge in [-0.2, -0.15) is 0 Å². The van der Waals surface area contributed by atoms with E-state index in [0.717, 1.165) is 28.0 Å². The number of thiazole rings is 1. The number of aromatic nitrogens is 1. The van der Waals surface area contributed by atoms with E-state index in [2.05, 4.69) is 25.6 Å². The second-order valence-electron chi connectivity index (χ2n) is 6.79. The number of carboxylic acid groups (broad SMARTS) is 2. The van der Waals surface area contributed by atoms with E-state index in [1.165, 1.54) is 24.7 Å². The molecule has 3 heterocycles. The molecule has 13 nitrogen and oxygen atoms in total. The van der Waals surface area contributed by atoms with Crippen LogP contribution in [0.4, 0.5) is 0 Å². The van der Waals surface area contributed by atoms with E-state index in [-0.39, 0.29) is 28.6 Å². The van der Waals surface area contributed by atoms with Crippen LogP contribution in [-0.4, -0.2) is 78.7 Å². The van der Waals surface area contributed by atoms with Crippen LogP contribution in [0.25, 0.3) is 0 Å². The van der Waals surface area contributed by atoms with E-state index in [9.17, 15) is 29.1 Å². The zero-order chi connectivity index (χ0) is 23.6. The summed E-state index contributed by atoms with van der Waals surface area (Å²) in [5.41, 5.74) is -0.571. The molecule has 1 fully saturated rings. The zero-order valence-electron chi connectivity index (χ0n) is 16.6. The van der Waals surface area contributed by atoms with E-state index in [1.54, 1.807) is 0 Å². The Morgan fingerprint density at radius 2 is 2.09 bits per heavy atom. The molecule has 3 amide bonds. The molecule has 0 spiro atoms. The molecule has 2 atom stereocenters. The van der Waals surface area contributed by atoms with Crippen molar-refractivity contribution in [2.75, 3.05) is 12.4 Å². The maximum Gasteiger partial charge on any atom is 0.354 e. The molecule has 15 heteroatoms. The van der Waals surface area contributed by atoms with Crippen molar-refractivity contribution in [1.29, 1.82) is 0 Å². The number of fused-ring (bicyclic) bond motifs is 1. The molecule has 1 aromatic heterocycles. The molecule has 4 N–H and O–H groups in total. The minimum Gasteiger partial charge on any atom is -0.479 e.